The van der Waals surface area contributed by atoms with E-state index >= 15 is 0 Å². The summed E-state index contributed by atoms with van der Waals surface area (Å²) in [6, 6.07) is -0.319. The maximum absolute atomic E-state index is 11.9. The van der Waals surface area contributed by atoms with Gasteiger partial charge in [0, 0.05) is 24.2 Å². The van der Waals surface area contributed by atoms with Crippen LogP contribution in [0, 0.1) is 20.8 Å². The summed E-state index contributed by atoms with van der Waals surface area (Å²) in [5, 5.41) is 8.08. The smallest absolute Gasteiger partial charge is 0.335 e. The molecule has 7 nitrogen and oxygen atoms in total. The average molecular weight is 361 g/mol. The van der Waals surface area contributed by atoms with Crippen molar-refractivity contribution >= 4 is 33.3 Å². The minimum absolute atomic E-state index is 0.116. The minimum atomic E-state index is -0.319. The molecule has 25 heavy (non-hydrogen) atoms. The molecule has 1 fully saturated rings. The van der Waals surface area contributed by atoms with Crippen LogP contribution in [-0.2, 0) is 4.74 Å². The van der Waals surface area contributed by atoms with Crippen molar-refractivity contribution in [3.63, 3.8) is 0 Å². The maximum Gasteiger partial charge on any atom is 0.335 e. The largest absolute Gasteiger partial charge is 0.376 e. The quantitative estimate of drug-likeness (QED) is 0.647. The highest BCUT2D eigenvalue weighted by molar-refractivity contribution is 7.20. The molecule has 0 saturated carbocycles. The molecule has 3 rings (SSSR count). The number of carbonyl (C=O) groups is 1. The van der Waals surface area contributed by atoms with Crippen molar-refractivity contribution < 1.29 is 9.53 Å². The van der Waals surface area contributed by atoms with Gasteiger partial charge in [-0.3, -0.25) is 0 Å². The molecular weight excluding hydrogens is 338 g/mol. The normalized spacial score (nSPS) is 17.9. The predicted molar refractivity (Wildman–Crippen MR) is 99.3 cm³/mol. The fourth-order valence-corrected chi connectivity index (χ4v) is 4.28. The summed E-state index contributed by atoms with van der Waals surface area (Å²) in [4.78, 5) is 22.8. The molecule has 0 bridgehead atoms. The van der Waals surface area contributed by atoms with Gasteiger partial charge in [0.15, 0.2) is 0 Å². The third-order valence-electron chi connectivity index (χ3n) is 4.25. The summed E-state index contributed by atoms with van der Waals surface area (Å²) in [6.45, 7) is 9.09. The second-order valence-electron chi connectivity index (χ2n) is 6.25. The van der Waals surface area contributed by atoms with Gasteiger partial charge in [-0.1, -0.05) is 0 Å². The van der Waals surface area contributed by atoms with E-state index in [0.717, 1.165) is 57.3 Å². The molecule has 0 radical (unpaired) electrons. The molecule has 0 aliphatic carbocycles. The number of urea groups is 1. The molecule has 2 aromatic rings. The molecule has 0 spiro atoms. The van der Waals surface area contributed by atoms with Crippen molar-refractivity contribution in [3.05, 3.63) is 22.0 Å². The van der Waals surface area contributed by atoms with Gasteiger partial charge in [-0.15, -0.1) is 11.3 Å². The molecule has 0 aromatic carbocycles. The van der Waals surface area contributed by atoms with Crippen LogP contribution >= 0.6 is 11.3 Å². The number of nitrogens with one attached hydrogen (secondary N) is 2. The standard InChI is InChI=1S/C17H23N5O2S/c1-9-14-10(2)19-12(4)20-16(14)25-15(9)11(3)21-22-17(23)18-8-13-6-5-7-24-13/h13H,5-8H2,1-4H3,(H2,18,22,23)/t13-/m0/s1. The first-order valence-electron chi connectivity index (χ1n) is 8.40. The number of ether oxygens (including phenoxy) is 1. The minimum Gasteiger partial charge on any atom is -0.376 e. The zero-order valence-corrected chi connectivity index (χ0v) is 15.8. The Balaban J connectivity index is 1.69. The lowest BCUT2D eigenvalue weighted by Crippen LogP contribution is -2.37. The second kappa shape index (κ2) is 7.45. The van der Waals surface area contributed by atoms with Gasteiger partial charge in [-0.2, -0.15) is 5.10 Å². The summed E-state index contributed by atoms with van der Waals surface area (Å²) >= 11 is 1.57. The lowest BCUT2D eigenvalue weighted by Gasteiger charge is -2.10. The molecule has 134 valence electrons. The number of aromatic nitrogens is 2. The number of nitrogens with zero attached hydrogens (tertiary/aromatic N) is 3. The van der Waals surface area contributed by atoms with Crippen LogP contribution in [0.25, 0.3) is 10.2 Å². The number of hydrogen-bond acceptors (Lipinski definition) is 6. The molecule has 2 N–H and O–H groups in total. The van der Waals surface area contributed by atoms with Crippen LogP contribution in [0.4, 0.5) is 4.79 Å². The van der Waals surface area contributed by atoms with Gasteiger partial charge < -0.3 is 10.1 Å². The molecule has 8 heteroatoms. The molecular formula is C17H23N5O2S. The van der Waals surface area contributed by atoms with Gasteiger partial charge in [-0.05, 0) is 46.1 Å². The van der Waals surface area contributed by atoms with Crippen LogP contribution in [-0.4, -0.2) is 41.0 Å². The highest BCUT2D eigenvalue weighted by Crippen LogP contribution is 2.31. The van der Waals surface area contributed by atoms with Crippen LogP contribution in [0.15, 0.2) is 5.10 Å². The number of amides is 2. The molecule has 1 aliphatic heterocycles. The Morgan fingerprint density at radius 2 is 2.16 bits per heavy atom. The van der Waals surface area contributed by atoms with Crippen molar-refractivity contribution in [2.24, 2.45) is 5.10 Å². The first kappa shape index (κ1) is 17.8. The topological polar surface area (TPSA) is 88.5 Å². The summed E-state index contributed by atoms with van der Waals surface area (Å²) in [7, 11) is 0. The summed E-state index contributed by atoms with van der Waals surface area (Å²) in [5.41, 5.74) is 5.38. The zero-order chi connectivity index (χ0) is 18.0. The second-order valence-corrected chi connectivity index (χ2v) is 7.25. The van der Waals surface area contributed by atoms with Crippen LogP contribution in [0.1, 0.15) is 41.7 Å². The average Bonchev–Trinajstić information content (AvgIpc) is 3.18. The Labute approximate surface area is 150 Å². The summed E-state index contributed by atoms with van der Waals surface area (Å²) in [6.07, 6.45) is 2.16. The van der Waals surface area contributed by atoms with Crippen LogP contribution < -0.4 is 10.7 Å². The Hall–Kier alpha value is -2.06. The fourth-order valence-electron chi connectivity index (χ4n) is 3.06. The van der Waals surface area contributed by atoms with Gasteiger partial charge in [0.05, 0.1) is 16.7 Å². The molecule has 3 heterocycles. The van der Waals surface area contributed by atoms with E-state index in [1.165, 1.54) is 0 Å². The van der Waals surface area contributed by atoms with Crippen molar-refractivity contribution in [2.45, 2.75) is 46.6 Å². The number of hydrazone groups is 1. The lowest BCUT2D eigenvalue weighted by molar-refractivity contribution is 0.111. The molecule has 1 saturated heterocycles. The van der Waals surface area contributed by atoms with Crippen molar-refractivity contribution in [1.82, 2.24) is 20.7 Å². The SMILES string of the molecule is CC(=NNC(=O)NC[C@@H]1CCCO1)c1sc2nc(C)nc(C)c2c1C. The Morgan fingerprint density at radius 3 is 2.88 bits per heavy atom. The highest BCUT2D eigenvalue weighted by Gasteiger charge is 2.17. The van der Waals surface area contributed by atoms with E-state index in [9.17, 15) is 4.79 Å². The maximum atomic E-state index is 11.9. The van der Waals surface area contributed by atoms with E-state index in [4.69, 9.17) is 4.74 Å². The Morgan fingerprint density at radius 1 is 1.36 bits per heavy atom. The van der Waals surface area contributed by atoms with Crippen molar-refractivity contribution in [2.75, 3.05) is 13.2 Å². The van der Waals surface area contributed by atoms with E-state index in [1.54, 1.807) is 11.3 Å². The van der Waals surface area contributed by atoms with Crippen LogP contribution in [0.3, 0.4) is 0 Å². The van der Waals surface area contributed by atoms with Crippen molar-refractivity contribution in [3.8, 4) is 0 Å². The third-order valence-corrected chi connectivity index (χ3v) is 5.55. The lowest BCUT2D eigenvalue weighted by atomic mass is 10.1. The highest BCUT2D eigenvalue weighted by atomic mass is 32.1. The zero-order valence-electron chi connectivity index (χ0n) is 15.0. The number of carbonyl (C=O) groups excluding carboxylic acids is 1. The molecule has 2 aromatic heterocycles. The van der Waals surface area contributed by atoms with Crippen LogP contribution in [0.2, 0.25) is 0 Å². The predicted octanol–water partition coefficient (Wildman–Crippen LogP) is 2.82. The molecule has 1 atom stereocenters. The number of hydrogen-bond donors (Lipinski definition) is 2. The summed E-state index contributed by atoms with van der Waals surface area (Å²) < 4.78 is 5.48. The van der Waals surface area contributed by atoms with Gasteiger partial charge in [-0.25, -0.2) is 20.2 Å². The monoisotopic (exact) mass is 361 g/mol. The first-order chi connectivity index (χ1) is 12.0. The first-order valence-corrected chi connectivity index (χ1v) is 9.21. The third kappa shape index (κ3) is 3.96. The van der Waals surface area contributed by atoms with Crippen LogP contribution in [0.5, 0.6) is 0 Å². The van der Waals surface area contributed by atoms with E-state index in [2.05, 4.69) is 25.8 Å². The number of fused-ring (bicyclic) bond motifs is 1. The number of aryl methyl sites for hydroxylation is 3. The van der Waals surface area contributed by atoms with Gasteiger partial charge in [0.2, 0.25) is 0 Å². The van der Waals surface area contributed by atoms with E-state index in [1.807, 2.05) is 27.7 Å². The molecule has 1 aliphatic rings. The van der Waals surface area contributed by atoms with E-state index < -0.39 is 0 Å². The van der Waals surface area contributed by atoms with E-state index in [-0.39, 0.29) is 12.1 Å². The Bertz CT molecular complexity index is 824. The fraction of sp³-hybridized carbons (Fsp3) is 0.529. The van der Waals surface area contributed by atoms with E-state index in [0.29, 0.717) is 6.54 Å². The van der Waals surface area contributed by atoms with Gasteiger partial charge >= 0.3 is 6.03 Å². The van der Waals surface area contributed by atoms with Gasteiger partial charge in [0.25, 0.3) is 0 Å². The number of thiophene rings is 1. The molecule has 0 unspecified atom stereocenters. The summed E-state index contributed by atoms with van der Waals surface area (Å²) in [5.74, 6) is 0.763. The molecule has 2 amide bonds. The van der Waals surface area contributed by atoms with Crippen molar-refractivity contribution in [1.29, 1.82) is 0 Å². The Kier molecular flexibility index (Phi) is 5.29. The van der Waals surface area contributed by atoms with Gasteiger partial charge in [0.1, 0.15) is 10.7 Å². The number of rotatable bonds is 4.